The van der Waals surface area contributed by atoms with Crippen LogP contribution in [-0.4, -0.2) is 38.5 Å². The summed E-state index contributed by atoms with van der Waals surface area (Å²) in [6, 6.07) is 15.1. The van der Waals surface area contributed by atoms with E-state index in [2.05, 4.69) is 20.8 Å². The Morgan fingerprint density at radius 2 is 2.09 bits per heavy atom. The number of ether oxygens (including phenoxy) is 2. The topological polar surface area (TPSA) is 123 Å². The molecule has 4 aromatic rings. The summed E-state index contributed by atoms with van der Waals surface area (Å²) >= 11 is 0. The second-order valence-electron chi connectivity index (χ2n) is 8.36. The molecule has 0 radical (unpaired) electrons. The summed E-state index contributed by atoms with van der Waals surface area (Å²) in [5.74, 6) is 0.329. The number of aromatic nitrogens is 3. The van der Waals surface area contributed by atoms with E-state index in [0.29, 0.717) is 41.7 Å². The van der Waals surface area contributed by atoms with E-state index in [1.807, 2.05) is 38.1 Å². The maximum atomic E-state index is 11.2. The summed E-state index contributed by atoms with van der Waals surface area (Å²) in [6.07, 6.45) is -0.604. The van der Waals surface area contributed by atoms with Gasteiger partial charge in [0.15, 0.2) is 0 Å². The van der Waals surface area contributed by atoms with E-state index in [1.165, 1.54) is 0 Å². The quantitative estimate of drug-likeness (QED) is 0.446. The van der Waals surface area contributed by atoms with E-state index in [-0.39, 0.29) is 12.5 Å². The Morgan fingerprint density at radius 3 is 2.85 bits per heavy atom. The highest BCUT2D eigenvalue weighted by molar-refractivity contribution is 5.86. The Bertz CT molecular complexity index is 1430. The number of nitrogens with zero attached hydrogens (tertiary/aromatic N) is 4. The summed E-state index contributed by atoms with van der Waals surface area (Å²) in [5.41, 5.74) is 3.63. The largest absolute Gasteiger partial charge is 0.490 e. The number of rotatable bonds is 6. The smallest absolute Gasteiger partial charge is 0.306 e. The average molecular weight is 458 g/mol. The minimum atomic E-state index is -0.896. The van der Waals surface area contributed by atoms with E-state index >= 15 is 0 Å². The van der Waals surface area contributed by atoms with Crippen LogP contribution in [0.3, 0.4) is 0 Å². The van der Waals surface area contributed by atoms with Crippen LogP contribution in [0.4, 0.5) is 0 Å². The highest BCUT2D eigenvalue weighted by atomic mass is 16.5. The fourth-order valence-electron chi connectivity index (χ4n) is 4.21. The summed E-state index contributed by atoms with van der Waals surface area (Å²) in [5, 5.41) is 23.8. The predicted molar refractivity (Wildman–Crippen MR) is 122 cm³/mol. The number of hydrogen-bond donors (Lipinski definition) is 1. The van der Waals surface area contributed by atoms with E-state index in [9.17, 15) is 15.2 Å². The zero-order chi connectivity index (χ0) is 23.8. The molecule has 1 aliphatic heterocycles. The highest BCUT2D eigenvalue weighted by Gasteiger charge is 2.26. The maximum Gasteiger partial charge on any atom is 0.306 e. The van der Waals surface area contributed by atoms with Gasteiger partial charge in [0.05, 0.1) is 24.7 Å². The SMILES string of the molecule is CC(C)Oc1ccc(-c2nc(-c3ccc4c(c3)cc3n4CCO[C@H]3CC(=O)O)no2)cc1C#N. The van der Waals surface area contributed by atoms with E-state index in [1.54, 1.807) is 18.2 Å². The van der Waals surface area contributed by atoms with E-state index in [4.69, 9.17) is 14.0 Å². The number of carboxylic acids is 1. The van der Waals surface area contributed by atoms with Crippen LogP contribution in [0, 0.1) is 11.3 Å². The van der Waals surface area contributed by atoms with Gasteiger partial charge in [0.25, 0.3) is 5.89 Å². The predicted octanol–water partition coefficient (Wildman–Crippen LogP) is 4.56. The van der Waals surface area contributed by atoms with Crippen LogP contribution in [-0.2, 0) is 16.1 Å². The molecule has 1 N–H and O–H groups in total. The first-order valence-electron chi connectivity index (χ1n) is 10.9. The van der Waals surface area contributed by atoms with Crippen molar-refractivity contribution in [3.63, 3.8) is 0 Å². The molecule has 1 aliphatic rings. The molecular formula is C25H22N4O5. The number of fused-ring (bicyclic) bond motifs is 3. The van der Waals surface area contributed by atoms with Crippen molar-refractivity contribution in [2.75, 3.05) is 6.61 Å². The minimum Gasteiger partial charge on any atom is -0.490 e. The number of carboxylic acid groups (broad SMARTS) is 1. The van der Waals surface area contributed by atoms with E-state index < -0.39 is 12.1 Å². The van der Waals surface area contributed by atoms with Crippen LogP contribution in [0.1, 0.15) is 37.6 Å². The Kier molecular flexibility index (Phi) is 5.51. The van der Waals surface area contributed by atoms with Crippen LogP contribution in [0.25, 0.3) is 33.7 Å². The maximum absolute atomic E-state index is 11.2. The fourth-order valence-corrected chi connectivity index (χ4v) is 4.21. The second-order valence-corrected chi connectivity index (χ2v) is 8.36. The lowest BCUT2D eigenvalue weighted by Crippen LogP contribution is -2.22. The summed E-state index contributed by atoms with van der Waals surface area (Å²) in [6.45, 7) is 4.93. The van der Waals surface area contributed by atoms with Gasteiger partial charge in [-0.15, -0.1) is 0 Å². The van der Waals surface area contributed by atoms with Crippen molar-refractivity contribution in [3.05, 3.63) is 53.7 Å². The molecule has 0 fully saturated rings. The Morgan fingerprint density at radius 1 is 1.26 bits per heavy atom. The Labute approximate surface area is 195 Å². The first kappa shape index (κ1) is 21.7. The highest BCUT2D eigenvalue weighted by Crippen LogP contribution is 2.34. The van der Waals surface area contributed by atoms with E-state index in [0.717, 1.165) is 22.2 Å². The molecule has 0 aliphatic carbocycles. The summed E-state index contributed by atoms with van der Waals surface area (Å²) in [7, 11) is 0. The van der Waals surface area contributed by atoms with Crippen molar-refractivity contribution >= 4 is 16.9 Å². The third-order valence-corrected chi connectivity index (χ3v) is 5.65. The summed E-state index contributed by atoms with van der Waals surface area (Å²) < 4.78 is 18.9. The van der Waals surface area contributed by atoms with Crippen molar-refractivity contribution in [2.24, 2.45) is 0 Å². The van der Waals surface area contributed by atoms with Crippen molar-refractivity contribution in [1.29, 1.82) is 5.26 Å². The minimum absolute atomic E-state index is 0.0474. The average Bonchev–Trinajstić information content (AvgIpc) is 3.44. The zero-order valence-electron chi connectivity index (χ0n) is 18.7. The lowest BCUT2D eigenvalue weighted by molar-refractivity contribution is -0.141. The van der Waals surface area contributed by atoms with Gasteiger partial charge in [-0.05, 0) is 56.3 Å². The molecule has 0 saturated heterocycles. The lowest BCUT2D eigenvalue weighted by atomic mass is 10.1. The molecule has 2 aromatic carbocycles. The molecule has 172 valence electrons. The Balaban J connectivity index is 1.46. The van der Waals surface area contributed by atoms with Crippen molar-refractivity contribution in [3.8, 4) is 34.7 Å². The monoisotopic (exact) mass is 458 g/mol. The normalized spacial score (nSPS) is 15.3. The van der Waals surface area contributed by atoms with Crippen molar-refractivity contribution < 1.29 is 23.9 Å². The lowest BCUT2D eigenvalue weighted by Gasteiger charge is -2.24. The molecule has 9 nitrogen and oxygen atoms in total. The van der Waals surface area contributed by atoms with Gasteiger partial charge in [0.1, 0.15) is 17.9 Å². The summed E-state index contributed by atoms with van der Waals surface area (Å²) in [4.78, 5) is 15.7. The number of benzene rings is 2. The number of nitriles is 1. The molecule has 0 unspecified atom stereocenters. The fraction of sp³-hybridized carbons (Fsp3) is 0.280. The van der Waals surface area contributed by atoms with Gasteiger partial charge in [0.2, 0.25) is 5.82 Å². The third-order valence-electron chi connectivity index (χ3n) is 5.65. The van der Waals surface area contributed by atoms with Crippen LogP contribution < -0.4 is 4.74 Å². The first-order chi connectivity index (χ1) is 16.4. The molecule has 5 rings (SSSR count). The van der Waals surface area contributed by atoms with Gasteiger partial charge in [0, 0.05) is 34.3 Å². The van der Waals surface area contributed by atoms with Crippen molar-refractivity contribution in [2.45, 2.75) is 39.0 Å². The van der Waals surface area contributed by atoms with Gasteiger partial charge in [-0.2, -0.15) is 10.2 Å². The third kappa shape index (κ3) is 4.00. The van der Waals surface area contributed by atoms with Gasteiger partial charge in [-0.3, -0.25) is 4.79 Å². The molecule has 0 bridgehead atoms. The van der Waals surface area contributed by atoms with Crippen LogP contribution >= 0.6 is 0 Å². The number of hydrogen-bond acceptors (Lipinski definition) is 7. The number of carbonyl (C=O) groups is 1. The molecule has 2 aromatic heterocycles. The molecule has 0 spiro atoms. The van der Waals surface area contributed by atoms with Gasteiger partial charge < -0.3 is 23.7 Å². The molecule has 0 amide bonds. The van der Waals surface area contributed by atoms with Gasteiger partial charge >= 0.3 is 5.97 Å². The van der Waals surface area contributed by atoms with Crippen LogP contribution in [0.15, 0.2) is 47.0 Å². The molecule has 34 heavy (non-hydrogen) atoms. The van der Waals surface area contributed by atoms with Crippen LogP contribution in [0.5, 0.6) is 5.75 Å². The molecule has 0 saturated carbocycles. The molecule has 9 heteroatoms. The van der Waals surface area contributed by atoms with Crippen molar-refractivity contribution in [1.82, 2.24) is 14.7 Å². The molecular weight excluding hydrogens is 436 g/mol. The molecule has 3 heterocycles. The first-order valence-corrected chi connectivity index (χ1v) is 10.9. The van der Waals surface area contributed by atoms with Crippen LogP contribution in [0.2, 0.25) is 0 Å². The number of aliphatic carboxylic acids is 1. The molecule has 1 atom stereocenters. The second kappa shape index (κ2) is 8.65. The van der Waals surface area contributed by atoms with Gasteiger partial charge in [-0.25, -0.2) is 0 Å². The Hall–Kier alpha value is -4.16. The standard InChI is InChI=1S/C25H22N4O5/c1-14(2)33-21-6-4-16(10-18(21)13-26)25-27-24(28-34-25)15-3-5-19-17(9-15)11-20-22(12-23(30)31)32-8-7-29(19)20/h3-6,9-11,14,22H,7-8,12H2,1-2H3,(H,30,31)/t22-/m0/s1. The zero-order valence-corrected chi connectivity index (χ0v) is 18.7. The van der Waals surface area contributed by atoms with Gasteiger partial charge in [-0.1, -0.05) is 5.16 Å².